The number of carboxylic acid groups (broad SMARTS) is 1. The minimum absolute atomic E-state index is 0.00209. The molecule has 2 aromatic rings. The maximum atomic E-state index is 12.5. The first kappa shape index (κ1) is 24.9. The highest BCUT2D eigenvalue weighted by Gasteiger charge is 2.20. The second-order valence-electron chi connectivity index (χ2n) is 7.22. The Morgan fingerprint density at radius 2 is 1.85 bits per heavy atom. The zero-order valence-electron chi connectivity index (χ0n) is 17.6. The quantitative estimate of drug-likeness (QED) is 0.283. The standard InChI is InChI=1S/C21H21Cl2N5O6/c22-14-8-15(23)19(33)13(1-2-17(31)32)18(14)28-16(30)9-26-20(34)10-5-11(7-12(29)6-10)27-21-24-3-4-25-21/h5-8,29,33H,1-4,9H2,(H,26,34)(H,28,30)(H,31,32)(H2,24,25,27). The van der Waals surface area contributed by atoms with Crippen LogP contribution in [-0.2, 0) is 16.0 Å². The summed E-state index contributed by atoms with van der Waals surface area (Å²) < 4.78 is 0. The number of hydrogen-bond acceptors (Lipinski definition) is 8. The van der Waals surface area contributed by atoms with Crippen molar-refractivity contribution in [1.82, 2.24) is 10.6 Å². The highest BCUT2D eigenvalue weighted by Crippen LogP contribution is 2.39. The van der Waals surface area contributed by atoms with Gasteiger partial charge in [0.25, 0.3) is 5.91 Å². The lowest BCUT2D eigenvalue weighted by atomic mass is 10.1. The van der Waals surface area contributed by atoms with E-state index in [9.17, 15) is 24.6 Å². The van der Waals surface area contributed by atoms with Crippen molar-refractivity contribution in [2.45, 2.75) is 12.8 Å². The predicted octanol–water partition coefficient (Wildman–Crippen LogP) is 2.16. The van der Waals surface area contributed by atoms with Gasteiger partial charge in [-0.3, -0.25) is 19.4 Å². The molecule has 0 bridgehead atoms. The molecule has 1 aliphatic rings. The third-order valence-electron chi connectivity index (χ3n) is 4.69. The molecule has 0 radical (unpaired) electrons. The minimum Gasteiger partial charge on any atom is -0.508 e. The zero-order valence-corrected chi connectivity index (χ0v) is 19.1. The van der Waals surface area contributed by atoms with Gasteiger partial charge in [0.05, 0.1) is 28.8 Å². The summed E-state index contributed by atoms with van der Waals surface area (Å²) in [6.07, 6.45) is -0.470. The van der Waals surface area contributed by atoms with E-state index >= 15 is 0 Å². The summed E-state index contributed by atoms with van der Waals surface area (Å²) in [5, 5.41) is 39.8. The van der Waals surface area contributed by atoms with Crippen molar-refractivity contribution < 1.29 is 29.7 Å². The monoisotopic (exact) mass is 509 g/mol. The molecular weight excluding hydrogens is 489 g/mol. The van der Waals surface area contributed by atoms with Crippen molar-refractivity contribution in [2.75, 3.05) is 30.3 Å². The van der Waals surface area contributed by atoms with Gasteiger partial charge in [-0.15, -0.1) is 0 Å². The lowest BCUT2D eigenvalue weighted by molar-refractivity contribution is -0.137. The SMILES string of the molecule is O=C(O)CCc1c(O)c(Cl)cc(Cl)c1NC(=O)CNC(=O)c1cc(O)cc(NC2=NCCN2)c1. The van der Waals surface area contributed by atoms with Gasteiger partial charge in [-0.1, -0.05) is 23.2 Å². The molecule has 0 aromatic heterocycles. The molecule has 3 rings (SSSR count). The number of phenols is 2. The van der Waals surface area contributed by atoms with E-state index in [2.05, 4.69) is 26.3 Å². The molecular formula is C21H21Cl2N5O6. The molecule has 13 heteroatoms. The van der Waals surface area contributed by atoms with Crippen LogP contribution in [-0.4, -0.2) is 58.7 Å². The van der Waals surface area contributed by atoms with Crippen molar-refractivity contribution in [3.63, 3.8) is 0 Å². The first-order valence-electron chi connectivity index (χ1n) is 10.0. The van der Waals surface area contributed by atoms with Gasteiger partial charge >= 0.3 is 5.97 Å². The highest BCUT2D eigenvalue weighted by molar-refractivity contribution is 6.38. The summed E-state index contributed by atoms with van der Waals surface area (Å²) in [6.45, 7) is 0.817. The number of aromatic hydroxyl groups is 2. The Labute approximate surface area is 203 Å². The van der Waals surface area contributed by atoms with E-state index in [4.69, 9.17) is 28.3 Å². The maximum Gasteiger partial charge on any atom is 0.303 e. The first-order valence-corrected chi connectivity index (χ1v) is 10.8. The van der Waals surface area contributed by atoms with Crippen LogP contribution in [0.1, 0.15) is 22.3 Å². The number of nitrogens with zero attached hydrogens (tertiary/aromatic N) is 1. The van der Waals surface area contributed by atoms with Crippen molar-refractivity contribution >= 4 is 58.3 Å². The number of guanidine groups is 1. The minimum atomic E-state index is -1.12. The van der Waals surface area contributed by atoms with E-state index in [0.717, 1.165) is 0 Å². The molecule has 0 aliphatic carbocycles. The molecule has 180 valence electrons. The lowest BCUT2D eigenvalue weighted by Crippen LogP contribution is -2.33. The van der Waals surface area contributed by atoms with Gasteiger partial charge < -0.3 is 36.6 Å². The molecule has 0 saturated carbocycles. The molecule has 0 fully saturated rings. The number of carboxylic acids is 1. The van der Waals surface area contributed by atoms with Gasteiger partial charge in [-0.2, -0.15) is 0 Å². The summed E-state index contributed by atoms with van der Waals surface area (Å²) in [5.41, 5.74) is 0.580. The van der Waals surface area contributed by atoms with Crippen molar-refractivity contribution in [2.24, 2.45) is 4.99 Å². The van der Waals surface area contributed by atoms with Gasteiger partial charge in [-0.25, -0.2) is 0 Å². The van der Waals surface area contributed by atoms with Crippen LogP contribution in [0.2, 0.25) is 10.0 Å². The van der Waals surface area contributed by atoms with Crippen LogP contribution in [0, 0.1) is 0 Å². The Kier molecular flexibility index (Phi) is 8.03. The Balaban J connectivity index is 1.67. The van der Waals surface area contributed by atoms with Crippen LogP contribution in [0.4, 0.5) is 11.4 Å². The molecule has 1 aliphatic heterocycles. The van der Waals surface area contributed by atoms with Gasteiger partial charge in [0.1, 0.15) is 11.5 Å². The van der Waals surface area contributed by atoms with Gasteiger partial charge in [-0.05, 0) is 24.6 Å². The molecule has 7 N–H and O–H groups in total. The van der Waals surface area contributed by atoms with E-state index in [1.165, 1.54) is 24.3 Å². The second-order valence-corrected chi connectivity index (χ2v) is 8.03. The summed E-state index contributed by atoms with van der Waals surface area (Å²) >= 11 is 12.0. The molecule has 2 aromatic carbocycles. The van der Waals surface area contributed by atoms with E-state index < -0.39 is 30.1 Å². The number of aliphatic carboxylic acids is 1. The normalized spacial score (nSPS) is 12.5. The zero-order chi connectivity index (χ0) is 24.8. The number of phenolic OH excluding ortho intramolecular Hbond substituents is 2. The summed E-state index contributed by atoms with van der Waals surface area (Å²) in [5.74, 6) is -2.48. The maximum absolute atomic E-state index is 12.5. The fourth-order valence-corrected chi connectivity index (χ4v) is 3.70. The first-order chi connectivity index (χ1) is 16.1. The molecule has 11 nitrogen and oxygen atoms in total. The number of nitrogens with one attached hydrogen (secondary N) is 4. The van der Waals surface area contributed by atoms with Gasteiger partial charge in [0, 0.05) is 35.8 Å². The largest absolute Gasteiger partial charge is 0.508 e. The number of carbonyl (C=O) groups is 3. The third kappa shape index (κ3) is 6.42. The Bertz CT molecular complexity index is 1170. The third-order valence-corrected chi connectivity index (χ3v) is 5.27. The summed E-state index contributed by atoms with van der Waals surface area (Å²) in [7, 11) is 0. The topological polar surface area (TPSA) is 172 Å². The fourth-order valence-electron chi connectivity index (χ4n) is 3.15. The number of amides is 2. The smallest absolute Gasteiger partial charge is 0.303 e. The number of benzene rings is 2. The molecule has 0 saturated heterocycles. The van der Waals surface area contributed by atoms with E-state index in [1.807, 2.05) is 0 Å². The Hall–Kier alpha value is -3.70. The lowest BCUT2D eigenvalue weighted by Gasteiger charge is -2.16. The number of carbonyl (C=O) groups excluding carboxylic acids is 2. The van der Waals surface area contributed by atoms with E-state index in [1.54, 1.807) is 0 Å². The van der Waals surface area contributed by atoms with Crippen LogP contribution >= 0.6 is 23.2 Å². The number of hydrogen-bond donors (Lipinski definition) is 7. The predicted molar refractivity (Wildman–Crippen MR) is 127 cm³/mol. The van der Waals surface area contributed by atoms with E-state index in [-0.39, 0.29) is 45.5 Å². The van der Waals surface area contributed by atoms with Gasteiger partial charge in [0.15, 0.2) is 5.96 Å². The average molecular weight is 510 g/mol. The number of anilines is 2. The van der Waals surface area contributed by atoms with Crippen molar-refractivity contribution in [3.05, 3.63) is 45.4 Å². The number of rotatable bonds is 8. The van der Waals surface area contributed by atoms with Crippen LogP contribution in [0.25, 0.3) is 0 Å². The fraction of sp³-hybridized carbons (Fsp3) is 0.238. The number of aliphatic imine (C=N–C) groups is 1. The molecule has 0 spiro atoms. The van der Waals surface area contributed by atoms with Crippen molar-refractivity contribution in [3.8, 4) is 11.5 Å². The summed E-state index contributed by atoms with van der Waals surface area (Å²) in [4.78, 5) is 40.1. The molecule has 34 heavy (non-hydrogen) atoms. The number of halogens is 2. The van der Waals surface area contributed by atoms with Gasteiger partial charge in [0.2, 0.25) is 5.91 Å². The van der Waals surface area contributed by atoms with Crippen LogP contribution < -0.4 is 21.3 Å². The second kappa shape index (κ2) is 10.9. The summed E-state index contributed by atoms with van der Waals surface area (Å²) in [6, 6.07) is 5.34. The van der Waals surface area contributed by atoms with Crippen LogP contribution in [0.3, 0.4) is 0 Å². The van der Waals surface area contributed by atoms with Crippen molar-refractivity contribution in [1.29, 1.82) is 0 Å². The molecule has 0 unspecified atom stereocenters. The molecule has 2 amide bonds. The Morgan fingerprint density at radius 3 is 2.53 bits per heavy atom. The van der Waals surface area contributed by atoms with Crippen LogP contribution in [0.15, 0.2) is 29.3 Å². The van der Waals surface area contributed by atoms with E-state index in [0.29, 0.717) is 24.7 Å². The molecule has 1 heterocycles. The molecule has 0 atom stereocenters. The average Bonchev–Trinajstić information content (AvgIpc) is 3.27. The van der Waals surface area contributed by atoms with Crippen LogP contribution in [0.5, 0.6) is 11.5 Å². The Morgan fingerprint density at radius 1 is 1.09 bits per heavy atom. The highest BCUT2D eigenvalue weighted by atomic mass is 35.5.